The Bertz CT molecular complexity index is 1300. The highest BCUT2D eigenvalue weighted by molar-refractivity contribution is 5.97. The molecule has 5 rings (SSSR count). The zero-order chi connectivity index (χ0) is 28.8. The molecule has 2 aromatic carbocycles. The van der Waals surface area contributed by atoms with E-state index in [1.165, 1.54) is 0 Å². The summed E-state index contributed by atoms with van der Waals surface area (Å²) >= 11 is 0. The van der Waals surface area contributed by atoms with Crippen LogP contribution in [-0.4, -0.2) is 83.4 Å². The van der Waals surface area contributed by atoms with E-state index in [0.29, 0.717) is 40.7 Å². The number of carbonyl (C=O) groups excluding carboxylic acids is 1. The first kappa shape index (κ1) is 28.7. The molecule has 2 aromatic rings. The molecule has 11 heteroatoms. The third-order valence-electron chi connectivity index (χ3n) is 7.23. The average molecular weight is 570 g/mol. The van der Waals surface area contributed by atoms with E-state index < -0.39 is 11.8 Å². The lowest BCUT2D eigenvalue weighted by molar-refractivity contribution is -0.231. The van der Waals surface area contributed by atoms with Gasteiger partial charge in [0.15, 0.2) is 17.3 Å². The van der Waals surface area contributed by atoms with Gasteiger partial charge in [0.05, 0.1) is 41.2 Å². The molecular formula is C30H35NO10. The predicted octanol–water partition coefficient (Wildman–Crippen LogP) is 2.90. The number of carbonyl (C=O) groups is 1. The maximum Gasteiger partial charge on any atom is 0.345 e. The van der Waals surface area contributed by atoms with E-state index in [-0.39, 0.29) is 29.9 Å². The van der Waals surface area contributed by atoms with Crippen molar-refractivity contribution in [1.29, 1.82) is 0 Å². The summed E-state index contributed by atoms with van der Waals surface area (Å²) in [7, 11) is 4.64. The van der Waals surface area contributed by atoms with Crippen LogP contribution in [0.1, 0.15) is 17.5 Å². The molecule has 3 heterocycles. The number of hydrogen-bond donors (Lipinski definition) is 1. The van der Waals surface area contributed by atoms with E-state index in [2.05, 4.69) is 4.90 Å². The van der Waals surface area contributed by atoms with Gasteiger partial charge in [-0.15, -0.1) is 0 Å². The lowest BCUT2D eigenvalue weighted by Gasteiger charge is -2.26. The van der Waals surface area contributed by atoms with Crippen molar-refractivity contribution in [2.24, 2.45) is 0 Å². The molecule has 220 valence electrons. The van der Waals surface area contributed by atoms with Gasteiger partial charge in [-0.25, -0.2) is 4.79 Å². The second-order valence-corrected chi connectivity index (χ2v) is 9.71. The van der Waals surface area contributed by atoms with Crippen molar-refractivity contribution in [2.75, 3.05) is 67.4 Å². The Kier molecular flexibility index (Phi) is 8.99. The van der Waals surface area contributed by atoms with Crippen LogP contribution in [0.2, 0.25) is 0 Å². The summed E-state index contributed by atoms with van der Waals surface area (Å²) in [5.74, 6) is -0.603. The fraction of sp³-hybridized carbons (Fsp3) is 0.433. The van der Waals surface area contributed by atoms with Gasteiger partial charge in [-0.05, 0) is 54.5 Å². The quantitative estimate of drug-likeness (QED) is 0.231. The summed E-state index contributed by atoms with van der Waals surface area (Å²) in [4.78, 5) is 25.7. The van der Waals surface area contributed by atoms with Crippen LogP contribution in [0.4, 0.5) is 0 Å². The van der Waals surface area contributed by atoms with E-state index in [0.717, 1.165) is 39.3 Å². The summed E-state index contributed by atoms with van der Waals surface area (Å²) in [5.41, 5.74) is 1.44. The highest BCUT2D eigenvalue weighted by Crippen LogP contribution is 2.46. The van der Waals surface area contributed by atoms with Gasteiger partial charge in [0, 0.05) is 37.2 Å². The normalized spacial score (nSPS) is 20.9. The van der Waals surface area contributed by atoms with Crippen molar-refractivity contribution in [3.63, 3.8) is 0 Å². The molecule has 11 nitrogen and oxygen atoms in total. The van der Waals surface area contributed by atoms with Crippen molar-refractivity contribution in [2.45, 2.75) is 18.6 Å². The lowest BCUT2D eigenvalue weighted by Crippen LogP contribution is -2.37. The molecular weight excluding hydrogens is 534 g/mol. The summed E-state index contributed by atoms with van der Waals surface area (Å²) in [5, 5.41) is 11.9. The third-order valence-corrected chi connectivity index (χ3v) is 7.23. The Morgan fingerprint density at radius 1 is 1.00 bits per heavy atom. The summed E-state index contributed by atoms with van der Waals surface area (Å²) < 4.78 is 33.7. The maximum absolute atomic E-state index is 13.1. The largest absolute Gasteiger partial charge is 0.497 e. The molecule has 1 unspecified atom stereocenters. The van der Waals surface area contributed by atoms with Gasteiger partial charge in [0.1, 0.15) is 17.9 Å². The molecule has 3 aliphatic rings. The Morgan fingerprint density at radius 2 is 1.76 bits per heavy atom. The van der Waals surface area contributed by atoms with Crippen LogP contribution in [0.3, 0.4) is 0 Å². The zero-order valence-corrected chi connectivity index (χ0v) is 23.5. The molecule has 0 spiro atoms. The number of esters is 1. The monoisotopic (exact) mass is 569 g/mol. The Hall–Kier alpha value is -3.77. The number of ether oxygens (including phenoxy) is 6. The van der Waals surface area contributed by atoms with E-state index >= 15 is 0 Å². The molecule has 0 amide bonds. The first-order valence-electron chi connectivity index (χ1n) is 13.5. The summed E-state index contributed by atoms with van der Waals surface area (Å²) in [6.45, 7) is 4.83. The van der Waals surface area contributed by atoms with Crippen molar-refractivity contribution in [3.05, 3.63) is 70.5 Å². The molecule has 0 radical (unpaired) electrons. The topological polar surface area (TPSA) is 114 Å². The van der Waals surface area contributed by atoms with Crippen LogP contribution in [-0.2, 0) is 36.3 Å². The number of cyclic esters (lactones) is 1. The molecule has 3 aliphatic heterocycles. The van der Waals surface area contributed by atoms with Gasteiger partial charge in [-0.2, -0.15) is 4.89 Å². The number of methoxy groups -OCH3 is 3. The van der Waals surface area contributed by atoms with Gasteiger partial charge in [-0.1, -0.05) is 0 Å². The van der Waals surface area contributed by atoms with E-state index in [1.54, 1.807) is 57.7 Å². The fourth-order valence-electron chi connectivity index (χ4n) is 5.12. The minimum Gasteiger partial charge on any atom is -0.497 e. The maximum atomic E-state index is 13.1. The molecule has 1 saturated heterocycles. The van der Waals surface area contributed by atoms with E-state index in [9.17, 15) is 9.90 Å². The molecule has 1 N–H and O–H groups in total. The van der Waals surface area contributed by atoms with Crippen LogP contribution < -0.4 is 18.9 Å². The lowest BCUT2D eigenvalue weighted by atomic mass is 9.89. The first-order chi connectivity index (χ1) is 20.0. The molecule has 1 fully saturated rings. The van der Waals surface area contributed by atoms with Crippen LogP contribution in [0.25, 0.3) is 0 Å². The minimum absolute atomic E-state index is 0.101. The van der Waals surface area contributed by atoms with E-state index in [1.807, 2.05) is 6.07 Å². The van der Waals surface area contributed by atoms with Crippen LogP contribution >= 0.6 is 0 Å². The predicted molar refractivity (Wildman–Crippen MR) is 146 cm³/mol. The van der Waals surface area contributed by atoms with Gasteiger partial charge in [0.25, 0.3) is 5.79 Å². The number of rotatable bonds is 12. The standard InChI is InChI=1S/C30H35NO10/c1-34-22-7-5-21(6-8-22)30(33)23(27(29(32)40-30)24-9-14-39-41-24)17-20-18-25(35-2)28(36-3)26(19-20)38-13-4-10-31-11-15-37-16-12-31/h5-9,18-19,33H,4,10-17H2,1-3H3. The van der Waals surface area contributed by atoms with Gasteiger partial charge in [-0.3, -0.25) is 4.90 Å². The highest BCUT2D eigenvalue weighted by Gasteiger charge is 2.50. The van der Waals surface area contributed by atoms with E-state index in [4.69, 9.17) is 38.2 Å². The highest BCUT2D eigenvalue weighted by atomic mass is 17.2. The molecule has 0 aromatic heterocycles. The Labute approximate surface area is 238 Å². The SMILES string of the molecule is COc1ccc(C2(O)OC(=O)C(C3=CCOO3)=C2Cc2cc(OC)c(OC)c(OCCCN3CCOCC3)c2)cc1. The van der Waals surface area contributed by atoms with Crippen molar-refractivity contribution < 1.29 is 48.1 Å². The zero-order valence-electron chi connectivity index (χ0n) is 23.5. The van der Waals surface area contributed by atoms with Gasteiger partial charge in [0.2, 0.25) is 5.75 Å². The Balaban J connectivity index is 1.46. The van der Waals surface area contributed by atoms with Crippen LogP contribution in [0.5, 0.6) is 23.0 Å². The number of aliphatic hydroxyl groups is 1. The Morgan fingerprint density at radius 3 is 2.41 bits per heavy atom. The molecule has 1 atom stereocenters. The van der Waals surface area contributed by atoms with Gasteiger partial charge >= 0.3 is 5.97 Å². The fourth-order valence-corrected chi connectivity index (χ4v) is 5.12. The van der Waals surface area contributed by atoms with Crippen molar-refractivity contribution in [3.8, 4) is 23.0 Å². The van der Waals surface area contributed by atoms with Crippen LogP contribution in [0, 0.1) is 0 Å². The minimum atomic E-state index is -2.06. The summed E-state index contributed by atoms with van der Waals surface area (Å²) in [6, 6.07) is 10.3. The second-order valence-electron chi connectivity index (χ2n) is 9.71. The average Bonchev–Trinajstić information content (AvgIpc) is 3.61. The summed E-state index contributed by atoms with van der Waals surface area (Å²) in [6.07, 6.45) is 2.54. The van der Waals surface area contributed by atoms with Crippen molar-refractivity contribution in [1.82, 2.24) is 4.90 Å². The number of hydrogen-bond acceptors (Lipinski definition) is 11. The smallest absolute Gasteiger partial charge is 0.345 e. The van der Waals surface area contributed by atoms with Crippen LogP contribution in [0.15, 0.2) is 59.4 Å². The molecule has 41 heavy (non-hydrogen) atoms. The first-order valence-corrected chi connectivity index (χ1v) is 13.5. The van der Waals surface area contributed by atoms with Crippen molar-refractivity contribution >= 4 is 5.97 Å². The molecule has 0 bridgehead atoms. The van der Waals surface area contributed by atoms with Gasteiger partial charge < -0.3 is 38.4 Å². The number of nitrogens with zero attached hydrogens (tertiary/aromatic N) is 1. The third kappa shape index (κ3) is 6.13. The molecule has 0 saturated carbocycles. The molecule has 0 aliphatic carbocycles. The second kappa shape index (κ2) is 12.8. The number of benzene rings is 2. The number of morpholine rings is 1.